The third kappa shape index (κ3) is 4.29. The second kappa shape index (κ2) is 8.23. The number of hydrogen-bond acceptors (Lipinski definition) is 6. The maximum atomic E-state index is 13.8. The van der Waals surface area contributed by atoms with Crippen LogP contribution >= 0.6 is 0 Å². The minimum Gasteiger partial charge on any atom is -0.488 e. The second-order valence-electron chi connectivity index (χ2n) is 7.35. The lowest BCUT2D eigenvalue weighted by Crippen LogP contribution is -2.53. The zero-order valence-electron chi connectivity index (χ0n) is 16.4. The van der Waals surface area contributed by atoms with Gasteiger partial charge in [-0.25, -0.2) is 8.78 Å². The zero-order chi connectivity index (χ0) is 21.2. The first-order chi connectivity index (χ1) is 15.1. The molecule has 6 nitrogen and oxygen atoms in total. The van der Waals surface area contributed by atoms with Crippen LogP contribution in [0.15, 0.2) is 71.5 Å². The number of rotatable bonds is 6. The van der Waals surface area contributed by atoms with Crippen LogP contribution in [0.5, 0.6) is 5.75 Å². The van der Waals surface area contributed by atoms with Gasteiger partial charge in [0.1, 0.15) is 23.5 Å². The Kier molecular flexibility index (Phi) is 5.13. The van der Waals surface area contributed by atoms with Crippen molar-refractivity contribution in [3.8, 4) is 28.6 Å². The summed E-state index contributed by atoms with van der Waals surface area (Å²) in [6, 6.07) is 14.6. The molecule has 0 aliphatic carbocycles. The van der Waals surface area contributed by atoms with Crippen molar-refractivity contribution < 1.29 is 18.0 Å². The van der Waals surface area contributed by atoms with E-state index in [9.17, 15) is 8.78 Å². The monoisotopic (exact) mass is 420 g/mol. The van der Waals surface area contributed by atoms with Gasteiger partial charge in [0.05, 0.1) is 0 Å². The topological polar surface area (TPSA) is 64.3 Å². The standard InChI is InChI=1S/C23H18F2N4O2/c24-18-3-6-21(25)17(11-18)12-29-13-20(14-29)30-19-4-1-15(2-5-19)22-27-23(31-28-22)16-7-9-26-10-8-16/h1-11,20H,12-14H2. The molecule has 1 fully saturated rings. The molecule has 0 spiro atoms. The molecule has 1 saturated heterocycles. The van der Waals surface area contributed by atoms with Crippen LogP contribution in [0.1, 0.15) is 5.56 Å². The average molecular weight is 420 g/mol. The number of pyridine rings is 1. The van der Waals surface area contributed by atoms with Gasteiger partial charge < -0.3 is 9.26 Å². The number of aromatic nitrogens is 3. The van der Waals surface area contributed by atoms with Crippen LogP contribution in [0, 0.1) is 11.6 Å². The second-order valence-corrected chi connectivity index (χ2v) is 7.35. The zero-order valence-corrected chi connectivity index (χ0v) is 16.4. The highest BCUT2D eigenvalue weighted by molar-refractivity contribution is 5.60. The summed E-state index contributed by atoms with van der Waals surface area (Å²) < 4.78 is 38.3. The summed E-state index contributed by atoms with van der Waals surface area (Å²) in [4.78, 5) is 10.4. The maximum absolute atomic E-state index is 13.8. The van der Waals surface area contributed by atoms with Gasteiger partial charge >= 0.3 is 0 Å². The third-order valence-corrected chi connectivity index (χ3v) is 5.09. The fourth-order valence-electron chi connectivity index (χ4n) is 3.46. The van der Waals surface area contributed by atoms with E-state index in [1.807, 2.05) is 29.2 Å². The molecular formula is C23H18F2N4O2. The molecule has 4 aromatic rings. The van der Waals surface area contributed by atoms with E-state index in [0.29, 0.717) is 36.9 Å². The number of nitrogens with zero attached hydrogens (tertiary/aromatic N) is 4. The summed E-state index contributed by atoms with van der Waals surface area (Å²) in [5.41, 5.74) is 1.98. The summed E-state index contributed by atoms with van der Waals surface area (Å²) in [7, 11) is 0. The first-order valence-electron chi connectivity index (χ1n) is 9.81. The quantitative estimate of drug-likeness (QED) is 0.462. The number of hydrogen-bond donors (Lipinski definition) is 0. The first-order valence-corrected chi connectivity index (χ1v) is 9.81. The van der Waals surface area contributed by atoms with Crippen molar-refractivity contribution in [3.05, 3.63) is 84.2 Å². The van der Waals surface area contributed by atoms with E-state index in [1.54, 1.807) is 24.5 Å². The summed E-state index contributed by atoms with van der Waals surface area (Å²) in [5.74, 6) is 0.824. The Balaban J connectivity index is 1.17. The summed E-state index contributed by atoms with van der Waals surface area (Å²) in [6.45, 7) is 1.66. The van der Waals surface area contributed by atoms with Gasteiger partial charge in [-0.3, -0.25) is 9.88 Å². The molecule has 8 heteroatoms. The van der Waals surface area contributed by atoms with Crippen LogP contribution in [0.25, 0.3) is 22.8 Å². The predicted molar refractivity (Wildman–Crippen MR) is 109 cm³/mol. The van der Waals surface area contributed by atoms with E-state index >= 15 is 0 Å². The minimum absolute atomic E-state index is 0.00550. The van der Waals surface area contributed by atoms with E-state index in [2.05, 4.69) is 15.1 Å². The molecule has 31 heavy (non-hydrogen) atoms. The van der Waals surface area contributed by atoms with E-state index in [-0.39, 0.29) is 6.10 Å². The molecule has 156 valence electrons. The van der Waals surface area contributed by atoms with Gasteiger partial charge in [-0.1, -0.05) is 5.16 Å². The molecule has 2 aromatic heterocycles. The molecule has 2 aromatic carbocycles. The maximum Gasteiger partial charge on any atom is 0.258 e. The van der Waals surface area contributed by atoms with Crippen LogP contribution < -0.4 is 4.74 Å². The normalized spacial score (nSPS) is 14.4. The Labute approximate surface area is 177 Å². The van der Waals surface area contributed by atoms with Gasteiger partial charge in [-0.15, -0.1) is 0 Å². The van der Waals surface area contributed by atoms with Crippen LogP contribution in [0.3, 0.4) is 0 Å². The molecule has 5 rings (SSSR count). The van der Waals surface area contributed by atoms with Crippen molar-refractivity contribution >= 4 is 0 Å². The van der Waals surface area contributed by atoms with Crippen molar-refractivity contribution in [1.29, 1.82) is 0 Å². The fourth-order valence-corrected chi connectivity index (χ4v) is 3.46. The SMILES string of the molecule is Fc1ccc(F)c(CN2CC(Oc3ccc(-c4noc(-c5ccncc5)n4)cc3)C2)c1. The number of likely N-dealkylation sites (tertiary alicyclic amines) is 1. The summed E-state index contributed by atoms with van der Waals surface area (Å²) in [6.07, 6.45) is 3.34. The number of halogens is 2. The lowest BCUT2D eigenvalue weighted by atomic mass is 10.1. The number of ether oxygens (including phenoxy) is 1. The van der Waals surface area contributed by atoms with E-state index in [1.165, 1.54) is 6.07 Å². The Morgan fingerprint density at radius 1 is 0.968 bits per heavy atom. The Morgan fingerprint density at radius 3 is 2.52 bits per heavy atom. The molecule has 0 amide bonds. The van der Waals surface area contributed by atoms with Gasteiger partial charge in [-0.2, -0.15) is 4.98 Å². The fraction of sp³-hybridized carbons (Fsp3) is 0.174. The van der Waals surface area contributed by atoms with Crippen molar-refractivity contribution in [2.75, 3.05) is 13.1 Å². The van der Waals surface area contributed by atoms with Crippen LogP contribution in [-0.2, 0) is 6.54 Å². The molecule has 0 N–H and O–H groups in total. The molecule has 1 aliphatic heterocycles. The van der Waals surface area contributed by atoms with Gasteiger partial charge in [-0.05, 0) is 54.6 Å². The van der Waals surface area contributed by atoms with Crippen molar-refractivity contribution in [3.63, 3.8) is 0 Å². The Hall–Kier alpha value is -3.65. The van der Waals surface area contributed by atoms with E-state index in [4.69, 9.17) is 9.26 Å². The van der Waals surface area contributed by atoms with Crippen LogP contribution in [0.2, 0.25) is 0 Å². The highest BCUT2D eigenvalue weighted by atomic mass is 19.1. The molecular weight excluding hydrogens is 402 g/mol. The van der Waals surface area contributed by atoms with Crippen LogP contribution in [0.4, 0.5) is 8.78 Å². The lowest BCUT2D eigenvalue weighted by molar-refractivity contribution is 0.0139. The minimum atomic E-state index is -0.431. The van der Waals surface area contributed by atoms with Gasteiger partial charge in [0.25, 0.3) is 5.89 Å². The van der Waals surface area contributed by atoms with Crippen LogP contribution in [-0.4, -0.2) is 39.2 Å². The van der Waals surface area contributed by atoms with Crippen molar-refractivity contribution in [2.24, 2.45) is 0 Å². The predicted octanol–water partition coefficient (Wildman–Crippen LogP) is 4.34. The molecule has 3 heterocycles. The molecule has 0 atom stereocenters. The summed E-state index contributed by atoms with van der Waals surface area (Å²) >= 11 is 0. The molecule has 0 radical (unpaired) electrons. The highest BCUT2D eigenvalue weighted by Crippen LogP contribution is 2.25. The summed E-state index contributed by atoms with van der Waals surface area (Å²) in [5, 5.41) is 4.03. The van der Waals surface area contributed by atoms with Gasteiger partial charge in [0.15, 0.2) is 0 Å². The highest BCUT2D eigenvalue weighted by Gasteiger charge is 2.29. The van der Waals surface area contributed by atoms with Gasteiger partial charge in [0.2, 0.25) is 5.82 Å². The molecule has 1 aliphatic rings. The smallest absolute Gasteiger partial charge is 0.258 e. The van der Waals surface area contributed by atoms with E-state index in [0.717, 1.165) is 29.0 Å². The number of benzene rings is 2. The molecule has 0 unspecified atom stereocenters. The van der Waals surface area contributed by atoms with Crippen molar-refractivity contribution in [1.82, 2.24) is 20.0 Å². The van der Waals surface area contributed by atoms with Gasteiger partial charge in [0, 0.05) is 48.7 Å². The largest absolute Gasteiger partial charge is 0.488 e. The molecule has 0 bridgehead atoms. The molecule has 0 saturated carbocycles. The lowest BCUT2D eigenvalue weighted by Gasteiger charge is -2.39. The van der Waals surface area contributed by atoms with Crippen molar-refractivity contribution in [2.45, 2.75) is 12.6 Å². The first kappa shape index (κ1) is 19.3. The van der Waals surface area contributed by atoms with E-state index < -0.39 is 11.6 Å². The third-order valence-electron chi connectivity index (χ3n) is 5.09. The Morgan fingerprint density at radius 2 is 1.74 bits per heavy atom. The average Bonchev–Trinajstić information content (AvgIpc) is 3.26. The Bertz CT molecular complexity index is 1180.